The third-order valence-corrected chi connectivity index (χ3v) is 3.90. The van der Waals surface area contributed by atoms with Crippen LogP contribution in [0.15, 0.2) is 12.1 Å². The Kier molecular flexibility index (Phi) is 4.20. The summed E-state index contributed by atoms with van der Waals surface area (Å²) in [6.45, 7) is 1.81. The molecule has 6 heteroatoms. The second-order valence-corrected chi connectivity index (χ2v) is 6.12. The van der Waals surface area contributed by atoms with Crippen LogP contribution in [-0.4, -0.2) is 42.2 Å². The van der Waals surface area contributed by atoms with Crippen LogP contribution in [0.1, 0.15) is 30.1 Å². The lowest BCUT2D eigenvalue weighted by Gasteiger charge is -2.29. The zero-order valence-electron chi connectivity index (χ0n) is 12.0. The molecule has 1 saturated carbocycles. The Hall–Kier alpha value is -1.33. The number of nitrogens with zero attached hydrogens (tertiary/aromatic N) is 2. The Bertz CT molecular complexity index is 517. The van der Waals surface area contributed by atoms with Crippen LogP contribution in [0.25, 0.3) is 0 Å². The molecule has 1 fully saturated rings. The lowest BCUT2D eigenvalue weighted by molar-refractivity contribution is 0.0824. The zero-order valence-corrected chi connectivity index (χ0v) is 12.7. The second kappa shape index (κ2) is 5.58. The van der Waals surface area contributed by atoms with Crippen LogP contribution in [0.2, 0.25) is 5.15 Å². The van der Waals surface area contributed by atoms with E-state index in [-0.39, 0.29) is 17.7 Å². The maximum absolute atomic E-state index is 12.4. The van der Waals surface area contributed by atoms with Crippen LogP contribution in [0.5, 0.6) is 0 Å². The number of rotatable bonds is 5. The lowest BCUT2D eigenvalue weighted by Crippen LogP contribution is -2.50. The van der Waals surface area contributed by atoms with Gasteiger partial charge in [0, 0.05) is 19.7 Å². The summed E-state index contributed by atoms with van der Waals surface area (Å²) in [5, 5.41) is 12.7. The number of nitrogens with one attached hydrogen (secondary N) is 1. The molecule has 1 atom stereocenters. The van der Waals surface area contributed by atoms with Crippen molar-refractivity contribution in [3.63, 3.8) is 0 Å². The van der Waals surface area contributed by atoms with E-state index in [1.165, 1.54) is 6.07 Å². The van der Waals surface area contributed by atoms with Crippen LogP contribution >= 0.6 is 11.6 Å². The molecule has 1 aromatic rings. The van der Waals surface area contributed by atoms with E-state index in [0.29, 0.717) is 17.3 Å². The molecule has 1 heterocycles. The van der Waals surface area contributed by atoms with Gasteiger partial charge >= 0.3 is 0 Å². The van der Waals surface area contributed by atoms with Crippen LogP contribution < -0.4 is 10.2 Å². The molecule has 0 spiro atoms. The summed E-state index contributed by atoms with van der Waals surface area (Å²) >= 11 is 5.95. The fraction of sp³-hybridized carbons (Fsp3) is 0.571. The first-order valence-electron chi connectivity index (χ1n) is 6.64. The molecule has 0 aliphatic heterocycles. The Labute approximate surface area is 123 Å². The van der Waals surface area contributed by atoms with Crippen molar-refractivity contribution in [2.75, 3.05) is 25.6 Å². The number of halogens is 1. The Morgan fingerprint density at radius 1 is 1.55 bits per heavy atom. The third-order valence-electron chi connectivity index (χ3n) is 3.71. The maximum atomic E-state index is 12.4. The Balaban J connectivity index is 2.20. The van der Waals surface area contributed by atoms with Crippen molar-refractivity contribution in [3.8, 4) is 0 Å². The van der Waals surface area contributed by atoms with Gasteiger partial charge in [-0.3, -0.25) is 4.79 Å². The van der Waals surface area contributed by atoms with Crippen LogP contribution in [-0.2, 0) is 0 Å². The Morgan fingerprint density at radius 3 is 2.70 bits per heavy atom. The molecule has 1 aliphatic rings. The van der Waals surface area contributed by atoms with Gasteiger partial charge in [-0.25, -0.2) is 4.98 Å². The van der Waals surface area contributed by atoms with Crippen molar-refractivity contribution in [1.82, 2.24) is 10.3 Å². The highest BCUT2D eigenvalue weighted by Gasteiger charge is 2.42. The molecule has 20 heavy (non-hydrogen) atoms. The minimum Gasteiger partial charge on any atom is -0.394 e. The number of aromatic nitrogens is 1. The smallest absolute Gasteiger partial charge is 0.252 e. The molecule has 1 amide bonds. The average Bonchev–Trinajstić information content (AvgIpc) is 3.22. The predicted octanol–water partition coefficient (Wildman–Crippen LogP) is 1.69. The van der Waals surface area contributed by atoms with Gasteiger partial charge in [0.2, 0.25) is 0 Å². The van der Waals surface area contributed by atoms with Gasteiger partial charge in [-0.05, 0) is 37.8 Å². The highest BCUT2D eigenvalue weighted by atomic mass is 35.5. The lowest BCUT2D eigenvalue weighted by atomic mass is 9.96. The van der Waals surface area contributed by atoms with Crippen molar-refractivity contribution in [1.29, 1.82) is 0 Å². The van der Waals surface area contributed by atoms with E-state index in [1.807, 2.05) is 21.0 Å². The summed E-state index contributed by atoms with van der Waals surface area (Å²) in [6, 6.07) is 3.22. The van der Waals surface area contributed by atoms with Crippen molar-refractivity contribution < 1.29 is 9.90 Å². The van der Waals surface area contributed by atoms with E-state index in [4.69, 9.17) is 11.6 Å². The number of amides is 1. The normalized spacial score (nSPS) is 17.4. The number of hydrogen-bond donors (Lipinski definition) is 2. The van der Waals surface area contributed by atoms with Crippen LogP contribution in [0, 0.1) is 5.92 Å². The van der Waals surface area contributed by atoms with Gasteiger partial charge < -0.3 is 15.3 Å². The molecular formula is C14H20ClN3O2. The van der Waals surface area contributed by atoms with Gasteiger partial charge in [0.15, 0.2) is 0 Å². The van der Waals surface area contributed by atoms with Crippen LogP contribution in [0.4, 0.5) is 5.82 Å². The summed E-state index contributed by atoms with van der Waals surface area (Å²) in [6.07, 6.45) is 2.08. The first kappa shape index (κ1) is 15.1. The summed E-state index contributed by atoms with van der Waals surface area (Å²) in [4.78, 5) is 18.3. The highest BCUT2D eigenvalue weighted by molar-refractivity contribution is 6.29. The second-order valence-electron chi connectivity index (χ2n) is 5.74. The summed E-state index contributed by atoms with van der Waals surface area (Å²) in [7, 11) is 3.67. The summed E-state index contributed by atoms with van der Waals surface area (Å²) < 4.78 is 0. The fourth-order valence-corrected chi connectivity index (χ4v) is 2.37. The molecular weight excluding hydrogens is 278 g/mol. The maximum Gasteiger partial charge on any atom is 0.252 e. The molecule has 0 bridgehead atoms. The van der Waals surface area contributed by atoms with Gasteiger partial charge in [-0.15, -0.1) is 0 Å². The molecule has 0 saturated heterocycles. The van der Waals surface area contributed by atoms with E-state index in [9.17, 15) is 9.90 Å². The summed E-state index contributed by atoms with van der Waals surface area (Å²) in [5.74, 6) is 0.739. The largest absolute Gasteiger partial charge is 0.394 e. The van der Waals surface area contributed by atoms with E-state index >= 15 is 0 Å². The van der Waals surface area contributed by atoms with Crippen molar-refractivity contribution in [2.24, 2.45) is 5.92 Å². The minimum atomic E-state index is -0.564. The zero-order chi connectivity index (χ0) is 14.9. The summed E-state index contributed by atoms with van der Waals surface area (Å²) in [5.41, 5.74) is -0.112. The van der Waals surface area contributed by atoms with Crippen molar-refractivity contribution >= 4 is 23.3 Å². The SMILES string of the molecule is CN(C)c1cc(C(=O)NC(C)(CO)C2CC2)cc(Cl)n1. The molecule has 0 aromatic carbocycles. The number of aliphatic hydroxyl groups excluding tert-OH is 1. The number of aliphatic hydroxyl groups is 1. The fourth-order valence-electron chi connectivity index (χ4n) is 2.17. The quantitative estimate of drug-likeness (QED) is 0.812. The molecule has 1 aromatic heterocycles. The van der Waals surface area contributed by atoms with Crippen LogP contribution in [0.3, 0.4) is 0 Å². The average molecular weight is 298 g/mol. The number of carbonyl (C=O) groups is 1. The molecule has 0 radical (unpaired) electrons. The third kappa shape index (κ3) is 3.22. The number of anilines is 1. The topological polar surface area (TPSA) is 65.5 Å². The Morgan fingerprint density at radius 2 is 2.20 bits per heavy atom. The molecule has 1 aliphatic carbocycles. The van der Waals surface area contributed by atoms with Gasteiger partial charge in [-0.1, -0.05) is 11.6 Å². The first-order valence-corrected chi connectivity index (χ1v) is 7.02. The first-order chi connectivity index (χ1) is 9.35. The molecule has 1 unspecified atom stereocenters. The predicted molar refractivity (Wildman–Crippen MR) is 79.3 cm³/mol. The number of pyridine rings is 1. The van der Waals surface area contributed by atoms with E-state index < -0.39 is 5.54 Å². The standard InChI is InChI=1S/C14H20ClN3O2/c1-14(8-19,10-4-5-10)17-13(20)9-6-11(15)16-12(7-9)18(2)3/h6-7,10,19H,4-5,8H2,1-3H3,(H,17,20). The van der Waals surface area contributed by atoms with Gasteiger partial charge in [0.05, 0.1) is 12.1 Å². The van der Waals surface area contributed by atoms with E-state index in [2.05, 4.69) is 10.3 Å². The minimum absolute atomic E-state index is 0.0667. The molecule has 5 nitrogen and oxygen atoms in total. The molecule has 2 N–H and O–H groups in total. The van der Waals surface area contributed by atoms with Gasteiger partial charge in [-0.2, -0.15) is 0 Å². The highest BCUT2D eigenvalue weighted by Crippen LogP contribution is 2.39. The number of hydrogen-bond acceptors (Lipinski definition) is 4. The molecule has 110 valence electrons. The van der Waals surface area contributed by atoms with E-state index in [1.54, 1.807) is 11.0 Å². The monoisotopic (exact) mass is 297 g/mol. The van der Waals surface area contributed by atoms with Crippen molar-refractivity contribution in [2.45, 2.75) is 25.3 Å². The molecule has 2 rings (SSSR count). The van der Waals surface area contributed by atoms with E-state index in [0.717, 1.165) is 12.8 Å². The number of carbonyl (C=O) groups excluding carboxylic acids is 1. The van der Waals surface area contributed by atoms with Gasteiger partial charge in [0.25, 0.3) is 5.91 Å². The van der Waals surface area contributed by atoms with Crippen molar-refractivity contribution in [3.05, 3.63) is 22.8 Å². The van der Waals surface area contributed by atoms with Gasteiger partial charge in [0.1, 0.15) is 11.0 Å².